The molecule has 0 unspecified atom stereocenters. The summed E-state index contributed by atoms with van der Waals surface area (Å²) in [4.78, 5) is 14.6. The van der Waals surface area contributed by atoms with Gasteiger partial charge in [0.05, 0.1) is 22.7 Å². The lowest BCUT2D eigenvalue weighted by molar-refractivity contribution is -0.122. The van der Waals surface area contributed by atoms with Crippen molar-refractivity contribution in [3.63, 3.8) is 0 Å². The van der Waals surface area contributed by atoms with Gasteiger partial charge in [0.15, 0.2) is 0 Å². The summed E-state index contributed by atoms with van der Waals surface area (Å²) >= 11 is 18.8. The molecule has 0 aliphatic carbocycles. The molecule has 4 nitrogen and oxygen atoms in total. The van der Waals surface area contributed by atoms with Crippen molar-refractivity contribution in [2.24, 2.45) is 0 Å². The van der Waals surface area contributed by atoms with Gasteiger partial charge < -0.3 is 8.83 Å². The first kappa shape index (κ1) is 18.4. The van der Waals surface area contributed by atoms with E-state index >= 15 is 0 Å². The number of furan rings is 2. The third-order valence-corrected chi connectivity index (χ3v) is 5.80. The van der Waals surface area contributed by atoms with E-state index in [9.17, 15) is 4.79 Å². The second-order valence-electron chi connectivity index (χ2n) is 5.67. The van der Waals surface area contributed by atoms with Gasteiger partial charge >= 0.3 is 0 Å². The number of nitrogens with zero attached hydrogens (tertiary/aromatic N) is 1. The number of thiocarbonyl (C=S) groups is 1. The van der Waals surface area contributed by atoms with Crippen molar-refractivity contribution in [3.05, 3.63) is 75.2 Å². The zero-order chi connectivity index (χ0) is 19.0. The van der Waals surface area contributed by atoms with E-state index in [1.165, 1.54) is 16.7 Å². The third-order valence-electron chi connectivity index (χ3n) is 3.86. The maximum atomic E-state index is 12.6. The van der Waals surface area contributed by atoms with Crippen molar-refractivity contribution in [1.29, 1.82) is 0 Å². The van der Waals surface area contributed by atoms with Crippen LogP contribution < -0.4 is 0 Å². The molecule has 0 bridgehead atoms. The van der Waals surface area contributed by atoms with E-state index in [1.807, 2.05) is 0 Å². The minimum Gasteiger partial charge on any atom is -0.467 e. The van der Waals surface area contributed by atoms with Gasteiger partial charge in [-0.1, -0.05) is 47.2 Å². The Morgan fingerprint density at radius 2 is 2.04 bits per heavy atom. The summed E-state index contributed by atoms with van der Waals surface area (Å²) in [6, 6.07) is 12.3. The van der Waals surface area contributed by atoms with Gasteiger partial charge in [-0.05, 0) is 42.5 Å². The van der Waals surface area contributed by atoms with Crippen LogP contribution in [0, 0.1) is 0 Å². The number of amides is 1. The van der Waals surface area contributed by atoms with Crippen LogP contribution in [0.3, 0.4) is 0 Å². The molecule has 3 heterocycles. The van der Waals surface area contributed by atoms with Crippen molar-refractivity contribution < 1.29 is 13.6 Å². The molecule has 1 fully saturated rings. The van der Waals surface area contributed by atoms with Gasteiger partial charge in [0, 0.05) is 16.7 Å². The number of carbonyl (C=O) groups excluding carboxylic acids is 1. The topological polar surface area (TPSA) is 46.6 Å². The number of rotatable bonds is 4. The zero-order valence-electron chi connectivity index (χ0n) is 13.6. The largest absolute Gasteiger partial charge is 0.467 e. The molecule has 27 heavy (non-hydrogen) atoms. The lowest BCUT2D eigenvalue weighted by atomic mass is 10.2. The highest BCUT2D eigenvalue weighted by Gasteiger charge is 2.32. The maximum absolute atomic E-state index is 12.6. The van der Waals surface area contributed by atoms with Gasteiger partial charge in [-0.3, -0.25) is 9.69 Å². The molecule has 1 aliphatic rings. The van der Waals surface area contributed by atoms with E-state index < -0.39 is 0 Å². The van der Waals surface area contributed by atoms with E-state index in [-0.39, 0.29) is 5.91 Å². The van der Waals surface area contributed by atoms with Crippen molar-refractivity contribution in [2.45, 2.75) is 6.54 Å². The highest BCUT2D eigenvalue weighted by Crippen LogP contribution is 2.36. The van der Waals surface area contributed by atoms with Crippen LogP contribution in [-0.4, -0.2) is 15.1 Å². The second kappa shape index (κ2) is 7.56. The Balaban J connectivity index is 1.57. The molecule has 1 saturated heterocycles. The van der Waals surface area contributed by atoms with Gasteiger partial charge in [0.1, 0.15) is 21.6 Å². The van der Waals surface area contributed by atoms with Gasteiger partial charge in [0.25, 0.3) is 5.91 Å². The quantitative estimate of drug-likeness (QED) is 0.358. The van der Waals surface area contributed by atoms with E-state index in [2.05, 4.69) is 0 Å². The average molecular weight is 436 g/mol. The molecule has 2 aromatic heterocycles. The van der Waals surface area contributed by atoms with Crippen LogP contribution in [0.2, 0.25) is 10.0 Å². The van der Waals surface area contributed by atoms with Crippen LogP contribution in [0.5, 0.6) is 0 Å². The summed E-state index contributed by atoms with van der Waals surface area (Å²) in [7, 11) is 0. The number of hydrogen-bond donors (Lipinski definition) is 0. The Hall–Kier alpha value is -1.99. The Kier molecular flexibility index (Phi) is 5.14. The average Bonchev–Trinajstić information content (AvgIpc) is 3.36. The number of thioether (sulfide) groups is 1. The molecule has 1 aromatic carbocycles. The molecular weight excluding hydrogens is 425 g/mol. The molecule has 136 valence electrons. The monoisotopic (exact) mass is 435 g/mol. The molecular formula is C19H11Cl2NO3S2. The molecule has 4 rings (SSSR count). The van der Waals surface area contributed by atoms with Crippen molar-refractivity contribution in [2.75, 3.05) is 0 Å². The molecule has 1 amide bonds. The van der Waals surface area contributed by atoms with E-state index in [4.69, 9.17) is 44.3 Å². The highest BCUT2D eigenvalue weighted by molar-refractivity contribution is 8.26. The van der Waals surface area contributed by atoms with Crippen LogP contribution in [0.25, 0.3) is 17.4 Å². The number of hydrogen-bond acceptors (Lipinski definition) is 5. The number of halogens is 2. The van der Waals surface area contributed by atoms with Crippen LogP contribution in [0.15, 0.2) is 62.5 Å². The first-order chi connectivity index (χ1) is 13.0. The molecule has 8 heteroatoms. The summed E-state index contributed by atoms with van der Waals surface area (Å²) in [5.74, 6) is 1.59. The van der Waals surface area contributed by atoms with Crippen LogP contribution in [-0.2, 0) is 11.3 Å². The number of carbonyl (C=O) groups is 1. The summed E-state index contributed by atoms with van der Waals surface area (Å²) in [6.07, 6.45) is 3.23. The third kappa shape index (κ3) is 3.84. The molecule has 0 atom stereocenters. The normalized spacial score (nSPS) is 15.9. The molecule has 0 spiro atoms. The van der Waals surface area contributed by atoms with E-state index in [0.29, 0.717) is 48.7 Å². The minimum atomic E-state index is -0.180. The lowest BCUT2D eigenvalue weighted by Crippen LogP contribution is -2.27. The fourth-order valence-electron chi connectivity index (χ4n) is 2.59. The summed E-state index contributed by atoms with van der Waals surface area (Å²) in [6.45, 7) is 0.302. The molecule has 1 aliphatic heterocycles. The van der Waals surface area contributed by atoms with Crippen LogP contribution >= 0.6 is 47.2 Å². The van der Waals surface area contributed by atoms with Gasteiger partial charge in [-0.15, -0.1) is 0 Å². The molecule has 0 saturated carbocycles. The summed E-state index contributed by atoms with van der Waals surface area (Å²) < 4.78 is 11.6. The SMILES string of the molecule is O=C1/C(=C/c2ccc(-c3cc(Cl)ccc3Cl)o2)SC(=S)N1Cc1ccco1. The van der Waals surface area contributed by atoms with Crippen molar-refractivity contribution in [3.8, 4) is 11.3 Å². The fourth-order valence-corrected chi connectivity index (χ4v) is 4.20. The smallest absolute Gasteiger partial charge is 0.266 e. The van der Waals surface area contributed by atoms with Crippen molar-refractivity contribution in [1.82, 2.24) is 4.90 Å². The molecule has 3 aromatic rings. The Labute approximate surface area is 174 Å². The lowest BCUT2D eigenvalue weighted by Gasteiger charge is -2.11. The van der Waals surface area contributed by atoms with E-state index in [0.717, 1.165) is 0 Å². The Morgan fingerprint density at radius 1 is 1.19 bits per heavy atom. The second-order valence-corrected chi connectivity index (χ2v) is 8.19. The van der Waals surface area contributed by atoms with E-state index in [1.54, 1.807) is 54.8 Å². The van der Waals surface area contributed by atoms with Gasteiger partial charge in [0.2, 0.25) is 0 Å². The van der Waals surface area contributed by atoms with Crippen LogP contribution in [0.1, 0.15) is 11.5 Å². The standard InChI is InChI=1S/C19H11Cl2NO3S2/c20-11-3-5-15(21)14(8-11)16-6-4-12(25-16)9-17-18(23)22(19(26)27-17)10-13-2-1-7-24-13/h1-9H,10H2/b17-9-. The van der Waals surface area contributed by atoms with Gasteiger partial charge in [-0.25, -0.2) is 0 Å². The van der Waals surface area contributed by atoms with Crippen molar-refractivity contribution >= 4 is 63.5 Å². The maximum Gasteiger partial charge on any atom is 0.266 e. The highest BCUT2D eigenvalue weighted by atomic mass is 35.5. The van der Waals surface area contributed by atoms with Crippen LogP contribution in [0.4, 0.5) is 0 Å². The first-order valence-corrected chi connectivity index (χ1v) is 9.82. The predicted octanol–water partition coefficient (Wildman–Crippen LogP) is 6.25. The minimum absolute atomic E-state index is 0.180. The van der Waals surface area contributed by atoms with Gasteiger partial charge in [-0.2, -0.15) is 0 Å². The number of benzene rings is 1. The predicted molar refractivity (Wildman–Crippen MR) is 112 cm³/mol. The summed E-state index contributed by atoms with van der Waals surface area (Å²) in [5, 5.41) is 1.09. The Bertz CT molecular complexity index is 1060. The summed E-state index contributed by atoms with van der Waals surface area (Å²) in [5.41, 5.74) is 0.689. The fraction of sp³-hybridized carbons (Fsp3) is 0.0526. The first-order valence-electron chi connectivity index (χ1n) is 7.84. The zero-order valence-corrected chi connectivity index (χ0v) is 16.8. The molecule has 0 radical (unpaired) electrons. The molecule has 0 N–H and O–H groups in total. The Morgan fingerprint density at radius 3 is 2.81 bits per heavy atom.